The summed E-state index contributed by atoms with van der Waals surface area (Å²) < 4.78 is 38.7. The predicted molar refractivity (Wildman–Crippen MR) is 104 cm³/mol. The summed E-state index contributed by atoms with van der Waals surface area (Å²) >= 11 is 0. The van der Waals surface area contributed by atoms with Crippen molar-refractivity contribution in [2.24, 2.45) is 0 Å². The van der Waals surface area contributed by atoms with Gasteiger partial charge in [-0.15, -0.1) is 0 Å². The largest absolute Gasteiger partial charge is 0.497 e. The van der Waals surface area contributed by atoms with Crippen molar-refractivity contribution in [3.05, 3.63) is 53.1 Å². The lowest BCUT2D eigenvalue weighted by Gasteiger charge is -2.16. The van der Waals surface area contributed by atoms with Crippen LogP contribution in [0.25, 0.3) is 0 Å². The zero-order chi connectivity index (χ0) is 19.3. The fourth-order valence-electron chi connectivity index (χ4n) is 2.79. The molecule has 0 saturated heterocycles. The van der Waals surface area contributed by atoms with Crippen molar-refractivity contribution in [1.29, 1.82) is 0 Å². The van der Waals surface area contributed by atoms with Crippen molar-refractivity contribution in [3.8, 4) is 11.5 Å². The number of ether oxygens (including phenoxy) is 2. The molecule has 26 heavy (non-hydrogen) atoms. The molecule has 0 aliphatic carbocycles. The van der Waals surface area contributed by atoms with E-state index >= 15 is 0 Å². The van der Waals surface area contributed by atoms with E-state index in [1.54, 1.807) is 33.3 Å². The van der Waals surface area contributed by atoms with Crippen LogP contribution in [0.1, 0.15) is 36.5 Å². The lowest BCUT2D eigenvalue weighted by atomic mass is 10.0. The first kappa shape index (κ1) is 20.3. The van der Waals surface area contributed by atoms with Crippen molar-refractivity contribution in [3.63, 3.8) is 0 Å². The molecule has 0 saturated carbocycles. The third kappa shape index (κ3) is 4.77. The van der Waals surface area contributed by atoms with Crippen LogP contribution in [-0.2, 0) is 16.4 Å². The Bertz CT molecular complexity index is 843. The molecule has 0 aliphatic heterocycles. The van der Waals surface area contributed by atoms with E-state index in [2.05, 4.69) is 4.72 Å². The minimum absolute atomic E-state index is 0.166. The molecule has 0 aliphatic rings. The number of rotatable bonds is 8. The molecule has 0 spiro atoms. The van der Waals surface area contributed by atoms with E-state index in [0.29, 0.717) is 23.4 Å². The molecular formula is C20H27NO4S. The maximum Gasteiger partial charge on any atom is 0.240 e. The topological polar surface area (TPSA) is 64.6 Å². The zero-order valence-corrected chi connectivity index (χ0v) is 16.8. The molecule has 0 atom stereocenters. The van der Waals surface area contributed by atoms with Crippen LogP contribution in [0, 0.1) is 6.92 Å². The molecule has 0 fully saturated rings. The molecule has 6 heteroatoms. The summed E-state index contributed by atoms with van der Waals surface area (Å²) in [5, 5.41) is 0. The average Bonchev–Trinajstić information content (AvgIpc) is 2.61. The predicted octanol–water partition coefficient (Wildman–Crippen LogP) is 3.66. The maximum atomic E-state index is 12.7. The van der Waals surface area contributed by atoms with Gasteiger partial charge in [0.1, 0.15) is 11.5 Å². The fraction of sp³-hybridized carbons (Fsp3) is 0.400. The Balaban J connectivity index is 2.15. The summed E-state index contributed by atoms with van der Waals surface area (Å²) in [5.74, 6) is 1.66. The van der Waals surface area contributed by atoms with E-state index in [4.69, 9.17) is 9.47 Å². The Hall–Kier alpha value is -2.05. The number of nitrogens with one attached hydrogen (secondary N) is 1. The van der Waals surface area contributed by atoms with Crippen molar-refractivity contribution in [2.75, 3.05) is 20.8 Å². The molecule has 2 rings (SSSR count). The SMILES string of the molecule is COc1ccc(CCNS(=O)(=O)c2cc(C(C)C)c(OC)cc2C)cc1. The first-order valence-corrected chi connectivity index (χ1v) is 10.1. The summed E-state index contributed by atoms with van der Waals surface area (Å²) in [6.07, 6.45) is 0.607. The van der Waals surface area contributed by atoms with Gasteiger partial charge in [-0.3, -0.25) is 0 Å². The Kier molecular flexibility index (Phi) is 6.67. The molecule has 0 heterocycles. The second-order valence-electron chi connectivity index (χ2n) is 6.51. The Morgan fingerprint density at radius 2 is 1.69 bits per heavy atom. The van der Waals surface area contributed by atoms with Crippen LogP contribution in [0.5, 0.6) is 11.5 Å². The van der Waals surface area contributed by atoms with Gasteiger partial charge in [-0.2, -0.15) is 0 Å². The number of methoxy groups -OCH3 is 2. The van der Waals surface area contributed by atoms with Crippen LogP contribution in [0.4, 0.5) is 0 Å². The van der Waals surface area contributed by atoms with Gasteiger partial charge < -0.3 is 9.47 Å². The molecule has 5 nitrogen and oxygen atoms in total. The summed E-state index contributed by atoms with van der Waals surface area (Å²) in [6, 6.07) is 11.1. The first-order chi connectivity index (χ1) is 12.3. The van der Waals surface area contributed by atoms with Crippen molar-refractivity contribution >= 4 is 10.0 Å². The Labute approximate surface area is 156 Å². The van der Waals surface area contributed by atoms with E-state index in [-0.39, 0.29) is 5.92 Å². The van der Waals surface area contributed by atoms with Crippen molar-refractivity contribution < 1.29 is 17.9 Å². The van der Waals surface area contributed by atoms with Crippen molar-refractivity contribution in [1.82, 2.24) is 4.72 Å². The minimum Gasteiger partial charge on any atom is -0.497 e. The fourth-order valence-corrected chi connectivity index (χ4v) is 4.09. The van der Waals surface area contributed by atoms with E-state index < -0.39 is 10.0 Å². The summed E-state index contributed by atoms with van der Waals surface area (Å²) in [4.78, 5) is 0.303. The molecule has 2 aromatic rings. The van der Waals surface area contributed by atoms with Gasteiger partial charge in [0.25, 0.3) is 0 Å². The number of hydrogen-bond donors (Lipinski definition) is 1. The Morgan fingerprint density at radius 1 is 1.04 bits per heavy atom. The second kappa shape index (κ2) is 8.56. The molecule has 2 aromatic carbocycles. The highest BCUT2D eigenvalue weighted by atomic mass is 32.2. The Morgan fingerprint density at radius 3 is 2.23 bits per heavy atom. The van der Waals surface area contributed by atoms with Gasteiger partial charge in [0, 0.05) is 6.54 Å². The molecule has 1 N–H and O–H groups in total. The normalized spacial score (nSPS) is 11.6. The van der Waals surface area contributed by atoms with E-state index in [9.17, 15) is 8.42 Å². The molecule has 0 aromatic heterocycles. The lowest BCUT2D eigenvalue weighted by molar-refractivity contribution is 0.406. The highest BCUT2D eigenvalue weighted by Gasteiger charge is 2.20. The quantitative estimate of drug-likeness (QED) is 0.762. The van der Waals surface area contributed by atoms with E-state index in [1.165, 1.54) is 0 Å². The molecule has 0 amide bonds. The monoisotopic (exact) mass is 377 g/mol. The summed E-state index contributed by atoms with van der Waals surface area (Å²) in [7, 11) is -0.369. The molecule has 0 radical (unpaired) electrons. The summed E-state index contributed by atoms with van der Waals surface area (Å²) in [5.41, 5.74) is 2.60. The first-order valence-electron chi connectivity index (χ1n) is 8.59. The van der Waals surface area contributed by atoms with Gasteiger partial charge in [0.05, 0.1) is 19.1 Å². The van der Waals surface area contributed by atoms with Gasteiger partial charge in [0.2, 0.25) is 10.0 Å². The molecular weight excluding hydrogens is 350 g/mol. The van der Waals surface area contributed by atoms with Crippen LogP contribution in [0.3, 0.4) is 0 Å². The number of sulfonamides is 1. The van der Waals surface area contributed by atoms with Gasteiger partial charge in [-0.05, 0) is 60.2 Å². The molecule has 0 bridgehead atoms. The second-order valence-corrected chi connectivity index (χ2v) is 8.25. The van der Waals surface area contributed by atoms with Gasteiger partial charge in [-0.1, -0.05) is 26.0 Å². The van der Waals surface area contributed by atoms with E-state index in [0.717, 1.165) is 22.6 Å². The smallest absolute Gasteiger partial charge is 0.240 e. The molecule has 142 valence electrons. The zero-order valence-electron chi connectivity index (χ0n) is 16.0. The number of benzene rings is 2. The lowest BCUT2D eigenvalue weighted by Crippen LogP contribution is -2.27. The highest BCUT2D eigenvalue weighted by molar-refractivity contribution is 7.89. The maximum absolute atomic E-state index is 12.7. The van der Waals surface area contributed by atoms with Crippen LogP contribution < -0.4 is 14.2 Å². The van der Waals surface area contributed by atoms with Crippen LogP contribution in [-0.4, -0.2) is 29.2 Å². The minimum atomic E-state index is -3.59. The van der Waals surface area contributed by atoms with E-state index in [1.807, 2.05) is 38.1 Å². The van der Waals surface area contributed by atoms with Gasteiger partial charge >= 0.3 is 0 Å². The molecule has 0 unspecified atom stereocenters. The van der Waals surface area contributed by atoms with Crippen LogP contribution in [0.2, 0.25) is 0 Å². The third-order valence-electron chi connectivity index (χ3n) is 4.30. The average molecular weight is 378 g/mol. The van der Waals surface area contributed by atoms with Gasteiger partial charge in [0.15, 0.2) is 0 Å². The standard InChI is InChI=1S/C20H27NO4S/c1-14(2)18-13-20(15(3)12-19(18)25-5)26(22,23)21-11-10-16-6-8-17(24-4)9-7-16/h6-9,12-14,21H,10-11H2,1-5H3. The van der Waals surface area contributed by atoms with Crippen molar-refractivity contribution in [2.45, 2.75) is 38.0 Å². The summed E-state index contributed by atoms with van der Waals surface area (Å²) in [6.45, 7) is 6.14. The highest BCUT2D eigenvalue weighted by Crippen LogP contribution is 2.31. The van der Waals surface area contributed by atoms with Gasteiger partial charge in [-0.25, -0.2) is 13.1 Å². The van der Waals surface area contributed by atoms with Crippen LogP contribution in [0.15, 0.2) is 41.3 Å². The third-order valence-corrected chi connectivity index (χ3v) is 5.91. The number of hydrogen-bond acceptors (Lipinski definition) is 4. The van der Waals surface area contributed by atoms with Crippen LogP contribution >= 0.6 is 0 Å². The number of aryl methyl sites for hydroxylation is 1.